The Morgan fingerprint density at radius 2 is 2.00 bits per heavy atom. The predicted molar refractivity (Wildman–Crippen MR) is 91.4 cm³/mol. The lowest BCUT2D eigenvalue weighted by Crippen LogP contribution is -2.37. The molecule has 1 atom stereocenters. The number of rotatable bonds is 6. The molecule has 0 saturated carbocycles. The van der Waals surface area contributed by atoms with Crippen molar-refractivity contribution in [1.82, 2.24) is 14.9 Å². The van der Waals surface area contributed by atoms with Gasteiger partial charge in [0.2, 0.25) is 0 Å². The van der Waals surface area contributed by atoms with Gasteiger partial charge in [0.25, 0.3) is 0 Å². The number of ether oxygens (including phenoxy) is 1. The Labute approximate surface area is 139 Å². The average Bonchev–Trinajstić information content (AvgIpc) is 3.03. The van der Waals surface area contributed by atoms with Gasteiger partial charge in [-0.1, -0.05) is 12.1 Å². The minimum absolute atomic E-state index is 0.444. The van der Waals surface area contributed by atoms with E-state index in [9.17, 15) is 9.90 Å². The number of pyridine rings is 1. The maximum atomic E-state index is 11.3. The number of hydrogen-bond donors (Lipinski definition) is 2. The van der Waals surface area contributed by atoms with E-state index in [4.69, 9.17) is 4.74 Å². The van der Waals surface area contributed by atoms with Crippen LogP contribution in [0.5, 0.6) is 11.5 Å². The molecule has 6 nitrogen and oxygen atoms in total. The zero-order chi connectivity index (χ0) is 17.1. The van der Waals surface area contributed by atoms with Crippen molar-refractivity contribution in [3.05, 3.63) is 54.4 Å². The second-order valence-corrected chi connectivity index (χ2v) is 5.82. The number of fused-ring (bicyclic) bond motifs is 1. The predicted octanol–water partition coefficient (Wildman–Crippen LogP) is 2.91. The Bertz CT molecular complexity index is 840. The molecule has 0 bridgehead atoms. The molecular weight excluding hydrogens is 306 g/mol. The zero-order valence-corrected chi connectivity index (χ0v) is 13.6. The van der Waals surface area contributed by atoms with Gasteiger partial charge >= 0.3 is 5.97 Å². The number of likely N-dealkylation sites (N-methyl/N-ethyl adjacent to an activating group) is 1. The third-order valence-corrected chi connectivity index (χ3v) is 3.91. The number of carboxylic acid groups (broad SMARTS) is 1. The Kier molecular flexibility index (Phi) is 4.48. The Morgan fingerprint density at radius 1 is 1.25 bits per heavy atom. The second-order valence-electron chi connectivity index (χ2n) is 5.82. The molecule has 0 aliphatic carbocycles. The highest BCUT2D eigenvalue weighted by molar-refractivity contribution is 5.82. The summed E-state index contributed by atoms with van der Waals surface area (Å²) in [5, 5.41) is 10.2. The van der Waals surface area contributed by atoms with E-state index in [1.807, 2.05) is 42.6 Å². The van der Waals surface area contributed by atoms with Crippen molar-refractivity contribution in [3.63, 3.8) is 0 Å². The van der Waals surface area contributed by atoms with Crippen molar-refractivity contribution in [2.75, 3.05) is 14.1 Å². The van der Waals surface area contributed by atoms with Crippen molar-refractivity contribution in [2.24, 2.45) is 0 Å². The van der Waals surface area contributed by atoms with Gasteiger partial charge in [-0.05, 0) is 50.3 Å². The van der Waals surface area contributed by atoms with Gasteiger partial charge in [-0.25, -0.2) is 4.98 Å². The monoisotopic (exact) mass is 325 g/mol. The molecule has 24 heavy (non-hydrogen) atoms. The van der Waals surface area contributed by atoms with Crippen LogP contribution in [0.3, 0.4) is 0 Å². The van der Waals surface area contributed by atoms with E-state index in [2.05, 4.69) is 9.97 Å². The number of nitrogens with zero attached hydrogens (tertiary/aromatic N) is 2. The number of carbonyl (C=O) groups is 1. The molecule has 3 aromatic rings. The number of carboxylic acids is 1. The average molecular weight is 325 g/mol. The first-order valence-corrected chi connectivity index (χ1v) is 7.62. The molecule has 124 valence electrons. The highest BCUT2D eigenvalue weighted by Gasteiger charge is 2.20. The minimum atomic E-state index is -0.827. The first kappa shape index (κ1) is 16.0. The first-order chi connectivity index (χ1) is 11.5. The van der Waals surface area contributed by atoms with Crippen molar-refractivity contribution in [3.8, 4) is 11.5 Å². The maximum absolute atomic E-state index is 11.3. The van der Waals surface area contributed by atoms with Gasteiger partial charge in [0.1, 0.15) is 23.2 Å². The molecular formula is C18H19N3O3. The van der Waals surface area contributed by atoms with E-state index in [1.165, 1.54) is 0 Å². The van der Waals surface area contributed by atoms with Gasteiger partial charge in [-0.15, -0.1) is 0 Å². The van der Waals surface area contributed by atoms with Crippen LogP contribution in [0.25, 0.3) is 11.0 Å². The molecule has 0 aliphatic heterocycles. The molecule has 1 unspecified atom stereocenters. The van der Waals surface area contributed by atoms with Gasteiger partial charge in [0.15, 0.2) is 0 Å². The van der Waals surface area contributed by atoms with E-state index in [1.54, 1.807) is 25.2 Å². The van der Waals surface area contributed by atoms with Gasteiger partial charge in [-0.2, -0.15) is 0 Å². The lowest BCUT2D eigenvalue weighted by molar-refractivity contribution is -0.142. The summed E-state index contributed by atoms with van der Waals surface area (Å²) in [6.07, 6.45) is 3.96. The molecule has 0 saturated heterocycles. The molecule has 1 aromatic carbocycles. The Balaban J connectivity index is 1.75. The van der Waals surface area contributed by atoms with Crippen molar-refractivity contribution >= 4 is 17.0 Å². The van der Waals surface area contributed by atoms with Crippen LogP contribution >= 0.6 is 0 Å². The minimum Gasteiger partial charge on any atom is -0.480 e. The third kappa shape index (κ3) is 3.38. The summed E-state index contributed by atoms with van der Waals surface area (Å²) >= 11 is 0. The smallest absolute Gasteiger partial charge is 0.321 e. The van der Waals surface area contributed by atoms with E-state index in [0.717, 1.165) is 22.3 Å². The number of benzene rings is 1. The van der Waals surface area contributed by atoms with Crippen LogP contribution in [0.1, 0.15) is 5.56 Å². The number of H-pyrrole nitrogens is 1. The lowest BCUT2D eigenvalue weighted by atomic mass is 10.1. The van der Waals surface area contributed by atoms with Crippen LogP contribution in [-0.2, 0) is 11.2 Å². The summed E-state index contributed by atoms with van der Waals surface area (Å²) in [5.41, 5.74) is 1.73. The molecule has 6 heteroatoms. The van der Waals surface area contributed by atoms with Crippen LogP contribution in [0.2, 0.25) is 0 Å². The summed E-state index contributed by atoms with van der Waals surface area (Å²) < 4.78 is 5.92. The molecule has 2 aromatic heterocycles. The van der Waals surface area contributed by atoms with Crippen LogP contribution in [-0.4, -0.2) is 46.1 Å². The van der Waals surface area contributed by atoms with Crippen LogP contribution in [0.4, 0.5) is 0 Å². The van der Waals surface area contributed by atoms with Crippen LogP contribution < -0.4 is 4.74 Å². The SMILES string of the molecule is CN(C)C(Cc1ccc(Oc2ccnc3[nH]ccc23)cc1)C(=O)O. The summed E-state index contributed by atoms with van der Waals surface area (Å²) in [5.74, 6) is 0.599. The molecule has 2 N–H and O–H groups in total. The molecule has 0 aliphatic rings. The number of aromatic nitrogens is 2. The zero-order valence-electron chi connectivity index (χ0n) is 13.6. The Morgan fingerprint density at radius 3 is 2.67 bits per heavy atom. The molecule has 0 spiro atoms. The van der Waals surface area contributed by atoms with Crippen LogP contribution in [0, 0.1) is 0 Å². The third-order valence-electron chi connectivity index (χ3n) is 3.91. The first-order valence-electron chi connectivity index (χ1n) is 7.62. The quantitative estimate of drug-likeness (QED) is 0.728. The molecule has 0 amide bonds. The summed E-state index contributed by atoms with van der Waals surface area (Å²) in [6, 6.07) is 10.7. The maximum Gasteiger partial charge on any atom is 0.321 e. The Hall–Kier alpha value is -2.86. The lowest BCUT2D eigenvalue weighted by Gasteiger charge is -2.20. The number of nitrogens with one attached hydrogen (secondary N) is 1. The second kappa shape index (κ2) is 6.72. The summed E-state index contributed by atoms with van der Waals surface area (Å²) in [6.45, 7) is 0. The van der Waals surface area contributed by atoms with Gasteiger partial charge in [0, 0.05) is 12.4 Å². The largest absolute Gasteiger partial charge is 0.480 e. The summed E-state index contributed by atoms with van der Waals surface area (Å²) in [7, 11) is 3.53. The molecule has 0 radical (unpaired) electrons. The fraction of sp³-hybridized carbons (Fsp3) is 0.222. The number of aliphatic carboxylic acids is 1. The fourth-order valence-electron chi connectivity index (χ4n) is 2.56. The van der Waals surface area contributed by atoms with E-state index in [-0.39, 0.29) is 0 Å². The number of hydrogen-bond acceptors (Lipinski definition) is 4. The van der Waals surface area contributed by atoms with Crippen molar-refractivity contribution in [1.29, 1.82) is 0 Å². The topological polar surface area (TPSA) is 78.5 Å². The van der Waals surface area contributed by atoms with Gasteiger partial charge in [-0.3, -0.25) is 9.69 Å². The van der Waals surface area contributed by atoms with Crippen LogP contribution in [0.15, 0.2) is 48.8 Å². The van der Waals surface area contributed by atoms with Crippen molar-refractivity contribution in [2.45, 2.75) is 12.5 Å². The van der Waals surface area contributed by atoms with Crippen molar-refractivity contribution < 1.29 is 14.6 Å². The molecule has 3 rings (SSSR count). The standard InChI is InChI=1S/C18H19N3O3/c1-21(2)15(18(22)23)11-12-3-5-13(6-4-12)24-16-8-10-20-17-14(16)7-9-19-17/h3-10,15H,11H2,1-2H3,(H,19,20)(H,22,23). The fourth-order valence-corrected chi connectivity index (χ4v) is 2.56. The normalized spacial score (nSPS) is 12.5. The molecule has 0 fully saturated rings. The van der Waals surface area contributed by atoms with Gasteiger partial charge < -0.3 is 14.8 Å². The van der Waals surface area contributed by atoms with Gasteiger partial charge in [0.05, 0.1) is 5.39 Å². The van der Waals surface area contributed by atoms with E-state index >= 15 is 0 Å². The van der Waals surface area contributed by atoms with E-state index < -0.39 is 12.0 Å². The molecule has 2 heterocycles. The number of aromatic amines is 1. The highest BCUT2D eigenvalue weighted by Crippen LogP contribution is 2.28. The highest BCUT2D eigenvalue weighted by atomic mass is 16.5. The summed E-state index contributed by atoms with van der Waals surface area (Å²) in [4.78, 5) is 20.3. The van der Waals surface area contributed by atoms with E-state index in [0.29, 0.717) is 12.2 Å².